The molecule has 0 unspecified atom stereocenters. The highest BCUT2D eigenvalue weighted by Crippen LogP contribution is 2.10. The third kappa shape index (κ3) is 2.80. The van der Waals surface area contributed by atoms with Crippen LogP contribution in [0.5, 0.6) is 0 Å². The fourth-order valence-electron chi connectivity index (χ4n) is 1.34. The number of sulfone groups is 1. The third-order valence-electron chi connectivity index (χ3n) is 2.16. The highest BCUT2D eigenvalue weighted by atomic mass is 32.2. The lowest BCUT2D eigenvalue weighted by molar-refractivity contribution is 0.296. The lowest BCUT2D eigenvalue weighted by Gasteiger charge is -2.13. The molecule has 1 aromatic carbocycles. The van der Waals surface area contributed by atoms with Crippen molar-refractivity contribution in [3.8, 4) is 0 Å². The summed E-state index contributed by atoms with van der Waals surface area (Å²) in [5.74, 6) is 0. The molecule has 0 amide bonds. The summed E-state index contributed by atoms with van der Waals surface area (Å²) in [6.45, 7) is -0.618. The second-order valence-electron chi connectivity index (χ2n) is 3.35. The van der Waals surface area contributed by atoms with E-state index in [0.29, 0.717) is 5.56 Å². The van der Waals surface area contributed by atoms with Gasteiger partial charge in [-0.15, -0.1) is 0 Å². The Labute approximate surface area is 94.0 Å². The SMILES string of the molecule is CS(=O)(=O)[C@H](CO)/C(=N\O)c1ccccc1. The van der Waals surface area contributed by atoms with Crippen molar-refractivity contribution in [3.05, 3.63) is 35.9 Å². The summed E-state index contributed by atoms with van der Waals surface area (Å²) < 4.78 is 22.8. The summed E-state index contributed by atoms with van der Waals surface area (Å²) in [7, 11) is -3.52. The zero-order chi connectivity index (χ0) is 12.2. The van der Waals surface area contributed by atoms with Gasteiger partial charge in [0, 0.05) is 11.8 Å². The van der Waals surface area contributed by atoms with Gasteiger partial charge in [0.15, 0.2) is 9.84 Å². The number of aliphatic hydroxyl groups is 1. The predicted molar refractivity (Wildman–Crippen MR) is 60.5 cm³/mol. The average molecular weight is 243 g/mol. The van der Waals surface area contributed by atoms with Crippen LogP contribution in [0.2, 0.25) is 0 Å². The van der Waals surface area contributed by atoms with E-state index in [2.05, 4.69) is 5.16 Å². The minimum Gasteiger partial charge on any atom is -0.411 e. The van der Waals surface area contributed by atoms with Crippen molar-refractivity contribution in [3.63, 3.8) is 0 Å². The van der Waals surface area contributed by atoms with Crippen LogP contribution in [0.3, 0.4) is 0 Å². The second kappa shape index (κ2) is 5.09. The Kier molecular flexibility index (Phi) is 4.03. The largest absolute Gasteiger partial charge is 0.411 e. The molecule has 6 heteroatoms. The van der Waals surface area contributed by atoms with Crippen molar-refractivity contribution >= 4 is 15.5 Å². The second-order valence-corrected chi connectivity index (χ2v) is 5.58. The van der Waals surface area contributed by atoms with Gasteiger partial charge in [-0.05, 0) is 0 Å². The standard InChI is InChI=1S/C10H13NO4S/c1-16(14,15)9(7-12)10(11-13)8-5-3-2-4-6-8/h2-6,9,12-13H,7H2,1H3/b11-10-/t9-/m1/s1. The van der Waals surface area contributed by atoms with Crippen LogP contribution in [0.1, 0.15) is 5.56 Å². The van der Waals surface area contributed by atoms with Crippen LogP contribution in [0.25, 0.3) is 0 Å². The van der Waals surface area contributed by atoms with Gasteiger partial charge >= 0.3 is 0 Å². The molecule has 0 aliphatic rings. The predicted octanol–water partition coefficient (Wildman–Crippen LogP) is 0.270. The molecule has 0 bridgehead atoms. The molecule has 2 N–H and O–H groups in total. The molecule has 1 rings (SSSR count). The van der Waals surface area contributed by atoms with Gasteiger partial charge in [-0.1, -0.05) is 35.5 Å². The molecule has 16 heavy (non-hydrogen) atoms. The van der Waals surface area contributed by atoms with Crippen LogP contribution in [0.4, 0.5) is 0 Å². The van der Waals surface area contributed by atoms with E-state index in [1.807, 2.05) is 0 Å². The van der Waals surface area contributed by atoms with Crippen molar-refractivity contribution in [1.29, 1.82) is 0 Å². The monoisotopic (exact) mass is 243 g/mol. The number of hydrogen-bond donors (Lipinski definition) is 2. The summed E-state index contributed by atoms with van der Waals surface area (Å²) in [4.78, 5) is 0. The molecular formula is C10H13NO4S. The van der Waals surface area contributed by atoms with E-state index in [4.69, 9.17) is 10.3 Å². The quantitative estimate of drug-likeness (QED) is 0.451. The number of nitrogens with zero attached hydrogens (tertiary/aromatic N) is 1. The van der Waals surface area contributed by atoms with Crippen LogP contribution in [0, 0.1) is 0 Å². The first-order chi connectivity index (χ1) is 7.50. The molecule has 0 aliphatic carbocycles. The normalized spacial score (nSPS) is 14.8. The maximum atomic E-state index is 11.4. The zero-order valence-electron chi connectivity index (χ0n) is 8.74. The molecule has 5 nitrogen and oxygen atoms in total. The van der Waals surface area contributed by atoms with Gasteiger partial charge in [-0.2, -0.15) is 0 Å². The van der Waals surface area contributed by atoms with Gasteiger partial charge in [-0.25, -0.2) is 8.42 Å². The Morgan fingerprint density at radius 1 is 1.38 bits per heavy atom. The van der Waals surface area contributed by atoms with E-state index in [-0.39, 0.29) is 5.71 Å². The van der Waals surface area contributed by atoms with Gasteiger partial charge in [-0.3, -0.25) is 0 Å². The van der Waals surface area contributed by atoms with Gasteiger partial charge in [0.05, 0.1) is 6.61 Å². The molecule has 1 atom stereocenters. The summed E-state index contributed by atoms with van der Waals surface area (Å²) in [6.07, 6.45) is 0.988. The van der Waals surface area contributed by atoms with Crippen LogP contribution < -0.4 is 0 Å². The number of benzene rings is 1. The Morgan fingerprint density at radius 3 is 2.31 bits per heavy atom. The summed E-state index contributed by atoms with van der Waals surface area (Å²) >= 11 is 0. The number of oxime groups is 1. The molecule has 0 fully saturated rings. The minimum atomic E-state index is -3.52. The number of aliphatic hydroxyl groups excluding tert-OH is 1. The van der Waals surface area contributed by atoms with E-state index >= 15 is 0 Å². The Bertz CT molecular complexity index is 467. The zero-order valence-corrected chi connectivity index (χ0v) is 9.55. The lowest BCUT2D eigenvalue weighted by atomic mass is 10.1. The minimum absolute atomic E-state index is 0.0504. The van der Waals surface area contributed by atoms with Crippen LogP contribution in [0.15, 0.2) is 35.5 Å². The molecule has 0 heterocycles. The first-order valence-electron chi connectivity index (χ1n) is 4.57. The smallest absolute Gasteiger partial charge is 0.158 e. The van der Waals surface area contributed by atoms with E-state index in [0.717, 1.165) is 6.26 Å². The van der Waals surface area contributed by atoms with E-state index in [1.54, 1.807) is 30.3 Å². The van der Waals surface area contributed by atoms with Gasteiger partial charge < -0.3 is 10.3 Å². The van der Waals surface area contributed by atoms with E-state index < -0.39 is 21.7 Å². The first-order valence-corrected chi connectivity index (χ1v) is 6.53. The van der Waals surface area contributed by atoms with Gasteiger partial charge in [0.2, 0.25) is 0 Å². The Hall–Kier alpha value is -1.40. The van der Waals surface area contributed by atoms with E-state index in [1.165, 1.54) is 0 Å². The molecule has 0 saturated carbocycles. The summed E-state index contributed by atoms with van der Waals surface area (Å²) in [5.41, 5.74) is 0.417. The van der Waals surface area contributed by atoms with Crippen molar-refractivity contribution < 1.29 is 18.7 Å². The van der Waals surface area contributed by atoms with Crippen LogP contribution in [-0.4, -0.2) is 42.6 Å². The van der Waals surface area contributed by atoms with Crippen molar-refractivity contribution in [1.82, 2.24) is 0 Å². The fourth-order valence-corrected chi connectivity index (χ4v) is 2.20. The Balaban J connectivity index is 3.19. The van der Waals surface area contributed by atoms with Crippen LogP contribution in [-0.2, 0) is 9.84 Å². The molecule has 0 saturated heterocycles. The molecule has 1 aromatic rings. The number of rotatable bonds is 4. The average Bonchev–Trinajstić information content (AvgIpc) is 2.25. The maximum absolute atomic E-state index is 11.4. The molecule has 0 radical (unpaired) electrons. The van der Waals surface area contributed by atoms with Crippen molar-refractivity contribution in [2.24, 2.45) is 5.16 Å². The molecule has 0 spiro atoms. The third-order valence-corrected chi connectivity index (χ3v) is 3.57. The van der Waals surface area contributed by atoms with Crippen molar-refractivity contribution in [2.75, 3.05) is 12.9 Å². The maximum Gasteiger partial charge on any atom is 0.158 e. The van der Waals surface area contributed by atoms with Crippen LogP contribution >= 0.6 is 0 Å². The first kappa shape index (κ1) is 12.7. The molecular weight excluding hydrogens is 230 g/mol. The Morgan fingerprint density at radius 2 is 1.94 bits per heavy atom. The fraction of sp³-hybridized carbons (Fsp3) is 0.300. The van der Waals surface area contributed by atoms with Gasteiger partial charge in [0.25, 0.3) is 0 Å². The molecule has 0 aliphatic heterocycles. The topological polar surface area (TPSA) is 87.0 Å². The van der Waals surface area contributed by atoms with Crippen molar-refractivity contribution in [2.45, 2.75) is 5.25 Å². The van der Waals surface area contributed by atoms with E-state index in [9.17, 15) is 8.42 Å². The summed E-state index contributed by atoms with van der Waals surface area (Å²) in [6, 6.07) is 8.37. The number of hydrogen-bond acceptors (Lipinski definition) is 5. The molecule has 0 aromatic heterocycles. The lowest BCUT2D eigenvalue weighted by Crippen LogP contribution is -2.33. The highest BCUT2D eigenvalue weighted by molar-refractivity contribution is 7.92. The summed E-state index contributed by atoms with van der Waals surface area (Å²) in [5, 5.41) is 19.7. The molecule has 88 valence electrons. The highest BCUT2D eigenvalue weighted by Gasteiger charge is 2.27. The van der Waals surface area contributed by atoms with Gasteiger partial charge in [0.1, 0.15) is 11.0 Å².